The van der Waals surface area contributed by atoms with Crippen molar-refractivity contribution >= 4 is 12.0 Å². The number of hydrogen-bond acceptors (Lipinski definition) is 5. The number of hydrogen-bond donors (Lipinski definition) is 3. The molecule has 5 heteroatoms. The van der Waals surface area contributed by atoms with Gasteiger partial charge >= 0.3 is 5.97 Å². The summed E-state index contributed by atoms with van der Waals surface area (Å²) in [5.41, 5.74) is 2.28. The minimum Gasteiger partial charge on any atom is -0.504 e. The lowest BCUT2D eigenvalue weighted by Crippen LogP contribution is -2.69. The molecule has 44 heavy (non-hydrogen) atoms. The third kappa shape index (κ3) is 4.37. The lowest BCUT2D eigenvalue weighted by Gasteiger charge is -2.73. The molecular formula is C39H56O5. The zero-order chi connectivity index (χ0) is 32.0. The molecule has 11 atom stereocenters. The Balaban J connectivity index is 1.25. The molecule has 0 spiro atoms. The van der Waals surface area contributed by atoms with Gasteiger partial charge in [-0.1, -0.05) is 59.8 Å². The van der Waals surface area contributed by atoms with Crippen LogP contribution in [0.25, 0.3) is 6.08 Å². The summed E-state index contributed by atoms with van der Waals surface area (Å²) in [6, 6.07) is 4.43. The Labute approximate surface area is 265 Å². The molecule has 3 N–H and O–H groups in total. The molecule has 0 amide bonds. The van der Waals surface area contributed by atoms with E-state index in [1.807, 2.05) is 0 Å². The van der Waals surface area contributed by atoms with Gasteiger partial charge < -0.3 is 20.1 Å². The van der Waals surface area contributed by atoms with Gasteiger partial charge in [0.15, 0.2) is 11.5 Å². The Morgan fingerprint density at radius 2 is 1.64 bits per heavy atom. The molecule has 6 rings (SSSR count). The highest BCUT2D eigenvalue weighted by Gasteiger charge is 2.72. The molecule has 0 heterocycles. The maximum absolute atomic E-state index is 13.0. The highest BCUT2D eigenvalue weighted by atomic mass is 16.5. The summed E-state index contributed by atoms with van der Waals surface area (Å²) in [5.74, 6) is 1.86. The summed E-state index contributed by atoms with van der Waals surface area (Å²) in [4.78, 5) is 13.0. The van der Waals surface area contributed by atoms with E-state index in [9.17, 15) is 20.1 Å². The van der Waals surface area contributed by atoms with Gasteiger partial charge in [-0.15, -0.1) is 0 Å². The van der Waals surface area contributed by atoms with Crippen LogP contribution < -0.4 is 0 Å². The smallest absolute Gasteiger partial charge is 0.331 e. The van der Waals surface area contributed by atoms with E-state index in [4.69, 9.17) is 4.74 Å². The van der Waals surface area contributed by atoms with Crippen LogP contribution in [0.4, 0.5) is 0 Å². The number of benzene rings is 1. The normalized spacial score (nSPS) is 46.0. The summed E-state index contributed by atoms with van der Waals surface area (Å²) < 4.78 is 6.10. The number of carbonyl (C=O) groups is 1. The Kier molecular flexibility index (Phi) is 7.47. The SMILES string of the molecule is C=C(C)C1CCC2(C)CCC3(C)C(CCC4C5(C)C(O)CC(OC(=O)C=Cc6ccc(O)c(O)c6)C(C)(C)C5CCC43C)C12. The van der Waals surface area contributed by atoms with Crippen LogP contribution in [-0.2, 0) is 9.53 Å². The van der Waals surface area contributed by atoms with Crippen LogP contribution in [-0.4, -0.2) is 33.5 Å². The third-order valence-electron chi connectivity index (χ3n) is 15.2. The van der Waals surface area contributed by atoms with Crippen molar-refractivity contribution in [2.45, 2.75) is 118 Å². The van der Waals surface area contributed by atoms with Crippen molar-refractivity contribution in [1.82, 2.24) is 0 Å². The van der Waals surface area contributed by atoms with Gasteiger partial charge in [0.05, 0.1) is 6.10 Å². The summed E-state index contributed by atoms with van der Waals surface area (Å²) in [6.45, 7) is 21.4. The highest BCUT2D eigenvalue weighted by Crippen LogP contribution is 2.77. The van der Waals surface area contributed by atoms with Gasteiger partial charge in [0.1, 0.15) is 6.10 Å². The largest absolute Gasteiger partial charge is 0.504 e. The van der Waals surface area contributed by atoms with Gasteiger partial charge in [-0.05, 0) is 128 Å². The molecule has 0 bridgehead atoms. The number of ether oxygens (including phenoxy) is 1. The summed E-state index contributed by atoms with van der Waals surface area (Å²) >= 11 is 0. The number of allylic oxidation sites excluding steroid dienone is 1. The lowest BCUT2D eigenvalue weighted by atomic mass is 9.32. The van der Waals surface area contributed by atoms with Gasteiger partial charge in [0.25, 0.3) is 0 Å². The van der Waals surface area contributed by atoms with Crippen LogP contribution in [0, 0.1) is 56.7 Å². The first kappa shape index (κ1) is 31.7. The Morgan fingerprint density at radius 1 is 0.909 bits per heavy atom. The number of phenols is 2. The number of phenolic OH excluding ortho intramolecular Hbond substituents is 2. The van der Waals surface area contributed by atoms with E-state index in [0.29, 0.717) is 35.2 Å². The molecule has 5 nitrogen and oxygen atoms in total. The molecule has 5 aliphatic carbocycles. The topological polar surface area (TPSA) is 87.0 Å². The minimum absolute atomic E-state index is 0.156. The van der Waals surface area contributed by atoms with Crippen LogP contribution in [0.15, 0.2) is 36.4 Å². The zero-order valence-corrected chi connectivity index (χ0v) is 28.2. The van der Waals surface area contributed by atoms with Crippen LogP contribution >= 0.6 is 0 Å². The van der Waals surface area contributed by atoms with Crippen LogP contribution in [0.1, 0.15) is 112 Å². The van der Waals surface area contributed by atoms with Crippen molar-refractivity contribution in [3.8, 4) is 11.5 Å². The fourth-order valence-corrected chi connectivity index (χ4v) is 12.6. The van der Waals surface area contributed by atoms with Crippen molar-refractivity contribution in [2.24, 2.45) is 56.7 Å². The monoisotopic (exact) mass is 604 g/mol. The minimum atomic E-state index is -0.537. The molecule has 0 radical (unpaired) electrons. The quantitative estimate of drug-likeness (QED) is 0.139. The van der Waals surface area contributed by atoms with E-state index < -0.39 is 12.1 Å². The first-order valence-electron chi connectivity index (χ1n) is 17.2. The number of esters is 1. The third-order valence-corrected chi connectivity index (χ3v) is 15.2. The van der Waals surface area contributed by atoms with E-state index in [1.165, 1.54) is 62.3 Å². The molecule has 0 saturated heterocycles. The molecule has 5 saturated carbocycles. The Hall–Kier alpha value is -2.27. The average molecular weight is 605 g/mol. The zero-order valence-electron chi connectivity index (χ0n) is 28.2. The van der Waals surface area contributed by atoms with E-state index in [1.54, 1.807) is 12.1 Å². The van der Waals surface area contributed by atoms with E-state index in [0.717, 1.165) is 18.8 Å². The maximum atomic E-state index is 13.0. The number of carbonyl (C=O) groups excluding carboxylic acids is 1. The molecule has 242 valence electrons. The predicted molar refractivity (Wildman–Crippen MR) is 175 cm³/mol. The van der Waals surface area contributed by atoms with Gasteiger partial charge in [-0.2, -0.15) is 0 Å². The molecule has 0 aromatic heterocycles. The van der Waals surface area contributed by atoms with E-state index in [-0.39, 0.29) is 45.2 Å². The van der Waals surface area contributed by atoms with Crippen molar-refractivity contribution in [2.75, 3.05) is 0 Å². The van der Waals surface area contributed by atoms with Gasteiger partial charge in [-0.3, -0.25) is 0 Å². The van der Waals surface area contributed by atoms with Gasteiger partial charge in [-0.25, -0.2) is 4.79 Å². The van der Waals surface area contributed by atoms with Crippen LogP contribution in [0.3, 0.4) is 0 Å². The number of fused-ring (bicyclic) bond motifs is 7. The lowest BCUT2D eigenvalue weighted by molar-refractivity contribution is -0.275. The predicted octanol–water partition coefficient (Wildman–Crippen LogP) is 8.67. The standard InChI is InChI=1S/C39H56O5/c1-23(2)25-15-17-36(5)19-20-37(6)26(34(25)36)11-13-30-38(37,7)18-16-29-35(3,4)32(22-31(42)39(29,30)8)44-33(43)14-10-24-9-12-27(40)28(41)21-24/h9-10,12,14,21,25-26,29-32,34,40-42H,1,11,13,15-20,22H2,2-8H3. The van der Waals surface area contributed by atoms with E-state index in [2.05, 4.69) is 55.0 Å². The molecule has 1 aromatic carbocycles. The first-order chi connectivity index (χ1) is 20.5. The Morgan fingerprint density at radius 3 is 2.32 bits per heavy atom. The number of aliphatic hydroxyl groups excluding tert-OH is 1. The number of aliphatic hydroxyl groups is 1. The van der Waals surface area contributed by atoms with Crippen LogP contribution in [0.2, 0.25) is 0 Å². The van der Waals surface area contributed by atoms with Crippen molar-refractivity contribution < 1.29 is 24.9 Å². The number of rotatable bonds is 4. The molecule has 5 aliphatic rings. The van der Waals surface area contributed by atoms with Crippen molar-refractivity contribution in [1.29, 1.82) is 0 Å². The fraction of sp³-hybridized carbons (Fsp3) is 0.718. The molecule has 5 fully saturated rings. The van der Waals surface area contributed by atoms with Gasteiger partial charge in [0.2, 0.25) is 0 Å². The molecular weight excluding hydrogens is 548 g/mol. The summed E-state index contributed by atoms with van der Waals surface area (Å²) in [6.07, 6.45) is 12.3. The second-order valence-corrected chi connectivity index (χ2v) is 17.3. The molecule has 1 aromatic rings. The fourth-order valence-electron chi connectivity index (χ4n) is 12.6. The van der Waals surface area contributed by atoms with E-state index >= 15 is 0 Å². The molecule has 0 aliphatic heterocycles. The summed E-state index contributed by atoms with van der Waals surface area (Å²) in [5, 5.41) is 31.5. The van der Waals surface area contributed by atoms with Crippen molar-refractivity contribution in [3.05, 3.63) is 42.0 Å². The van der Waals surface area contributed by atoms with Gasteiger partial charge in [0, 0.05) is 23.3 Å². The molecule has 11 unspecified atom stereocenters. The Bertz CT molecular complexity index is 1360. The number of aromatic hydroxyl groups is 2. The maximum Gasteiger partial charge on any atom is 0.331 e. The second kappa shape index (κ2) is 10.4. The average Bonchev–Trinajstić information content (AvgIpc) is 3.31. The first-order valence-corrected chi connectivity index (χ1v) is 17.2. The highest BCUT2D eigenvalue weighted by molar-refractivity contribution is 5.87. The summed E-state index contributed by atoms with van der Waals surface area (Å²) in [7, 11) is 0. The van der Waals surface area contributed by atoms with Crippen molar-refractivity contribution in [3.63, 3.8) is 0 Å². The second-order valence-electron chi connectivity index (χ2n) is 17.3. The van der Waals surface area contributed by atoms with Crippen LogP contribution in [0.5, 0.6) is 11.5 Å².